The summed E-state index contributed by atoms with van der Waals surface area (Å²) in [7, 11) is 4.03. The summed E-state index contributed by atoms with van der Waals surface area (Å²) in [6.07, 6.45) is 0.434. The number of rotatable bonds is 15. The van der Waals surface area contributed by atoms with Crippen molar-refractivity contribution >= 4 is 11.9 Å². The van der Waals surface area contributed by atoms with Crippen LogP contribution in [-0.4, -0.2) is 97.5 Å². The Bertz CT molecular complexity index is 840. The first-order valence-corrected chi connectivity index (χ1v) is 12.3. The van der Waals surface area contributed by atoms with Crippen molar-refractivity contribution in [3.05, 3.63) is 17.7 Å². The molecule has 0 saturated carbocycles. The van der Waals surface area contributed by atoms with Gasteiger partial charge in [0.05, 0.1) is 27.9 Å². The van der Waals surface area contributed by atoms with Gasteiger partial charge in [0, 0.05) is 18.6 Å². The average Bonchev–Trinajstić information content (AvgIpc) is 2.90. The summed E-state index contributed by atoms with van der Waals surface area (Å²) < 4.78 is 26.2. The highest BCUT2D eigenvalue weighted by atomic mass is 16.7. The van der Waals surface area contributed by atoms with Crippen molar-refractivity contribution in [1.29, 1.82) is 0 Å². The lowest BCUT2D eigenvalue weighted by molar-refractivity contribution is -0.269. The molecule has 2 rings (SSSR count). The Labute approximate surface area is 216 Å². The molecule has 1 heterocycles. The maximum absolute atomic E-state index is 13.0. The maximum atomic E-state index is 13.0. The summed E-state index contributed by atoms with van der Waals surface area (Å²) in [4.78, 5) is 24.1. The Morgan fingerprint density at radius 1 is 0.946 bits per heavy atom. The number of unbranched alkanes of at least 4 members (excludes halogenated alkanes) is 5. The number of hydrogen-bond acceptors (Lipinski definition) is 11. The van der Waals surface area contributed by atoms with Crippen molar-refractivity contribution in [2.45, 2.75) is 75.6 Å². The molecule has 0 aromatic heterocycles. The van der Waals surface area contributed by atoms with E-state index in [-0.39, 0.29) is 35.4 Å². The van der Waals surface area contributed by atoms with Gasteiger partial charge in [-0.1, -0.05) is 25.7 Å². The van der Waals surface area contributed by atoms with E-state index in [1.54, 1.807) is 0 Å². The summed E-state index contributed by atoms with van der Waals surface area (Å²) in [6.45, 7) is -0.280. The molecule has 12 heteroatoms. The smallest absolute Gasteiger partial charge is 0.305 e. The van der Waals surface area contributed by atoms with Gasteiger partial charge < -0.3 is 49.4 Å². The first-order valence-electron chi connectivity index (χ1n) is 12.3. The molecular weight excluding hydrogens is 490 g/mol. The van der Waals surface area contributed by atoms with Crippen LogP contribution in [0.4, 0.5) is 0 Å². The van der Waals surface area contributed by atoms with E-state index in [2.05, 4.69) is 10.1 Å². The molecule has 0 spiro atoms. The molecule has 5 atom stereocenters. The molecular formula is C25H39NO11. The fraction of sp³-hybridized carbons (Fsp3) is 0.680. The minimum absolute atomic E-state index is 0.0171. The first kappa shape index (κ1) is 30.6. The zero-order chi connectivity index (χ0) is 27.4. The molecule has 0 aliphatic carbocycles. The van der Waals surface area contributed by atoms with Crippen molar-refractivity contribution in [3.8, 4) is 17.2 Å². The van der Waals surface area contributed by atoms with Crippen LogP contribution < -0.4 is 14.8 Å². The van der Waals surface area contributed by atoms with Crippen molar-refractivity contribution in [3.63, 3.8) is 0 Å². The number of hydrogen-bond donors (Lipinski definition) is 5. The van der Waals surface area contributed by atoms with E-state index >= 15 is 0 Å². The summed E-state index contributed by atoms with van der Waals surface area (Å²) in [5, 5.41) is 43.2. The third kappa shape index (κ3) is 8.71. The number of phenolic OH excluding ortho intramolecular Hbond substituents is 1. The molecule has 5 N–H and O–H groups in total. The Balaban J connectivity index is 1.95. The highest BCUT2D eigenvalue weighted by Gasteiger charge is 2.45. The highest BCUT2D eigenvalue weighted by Crippen LogP contribution is 2.37. The number of amides is 1. The van der Waals surface area contributed by atoms with Crippen molar-refractivity contribution < 1.29 is 53.7 Å². The van der Waals surface area contributed by atoms with Crippen LogP contribution in [0, 0.1) is 0 Å². The molecule has 12 nitrogen and oxygen atoms in total. The van der Waals surface area contributed by atoms with E-state index in [4.69, 9.17) is 18.9 Å². The zero-order valence-corrected chi connectivity index (χ0v) is 21.6. The SMILES string of the molecule is COC(=O)CCCCCCCCO[C@@H]1OC(CO)[C@H](O)C(O)C1NC(=O)c1cc(OC)c(O)c(OC)c1. The third-order valence-electron chi connectivity index (χ3n) is 6.21. The van der Waals surface area contributed by atoms with Crippen LogP contribution in [-0.2, 0) is 19.0 Å². The standard InChI is InChI=1S/C25H39NO11/c1-33-16-12-15(13-17(34-2)21(16)29)24(32)26-20-23(31)22(30)18(14-27)37-25(20)36-11-9-7-5-4-6-8-10-19(28)35-3/h12-13,18,20,22-23,25,27,29-31H,4-11,14H2,1-3H3,(H,26,32)/t18?,20?,22-,23?,25+/m0/s1. The van der Waals surface area contributed by atoms with E-state index in [1.165, 1.54) is 33.5 Å². The van der Waals surface area contributed by atoms with Gasteiger partial charge in [0.2, 0.25) is 5.75 Å². The normalized spacial score (nSPS) is 23.4. The molecule has 1 amide bonds. The van der Waals surface area contributed by atoms with Crippen molar-refractivity contribution in [2.24, 2.45) is 0 Å². The predicted octanol–water partition coefficient (Wildman–Crippen LogP) is 0.867. The molecule has 1 fully saturated rings. The lowest BCUT2D eigenvalue weighted by Crippen LogP contribution is -2.64. The number of carbonyl (C=O) groups is 2. The average molecular weight is 530 g/mol. The van der Waals surface area contributed by atoms with Gasteiger partial charge in [0.25, 0.3) is 5.91 Å². The summed E-state index contributed by atoms with van der Waals surface area (Å²) in [6, 6.07) is 1.46. The lowest BCUT2D eigenvalue weighted by Gasteiger charge is -2.42. The highest BCUT2D eigenvalue weighted by molar-refractivity contribution is 5.95. The van der Waals surface area contributed by atoms with E-state index in [0.29, 0.717) is 12.8 Å². The Hall–Kier alpha value is -2.64. The van der Waals surface area contributed by atoms with Gasteiger partial charge in [-0.25, -0.2) is 0 Å². The second-order valence-electron chi connectivity index (χ2n) is 8.75. The van der Waals surface area contributed by atoms with Crippen LogP contribution >= 0.6 is 0 Å². The molecule has 37 heavy (non-hydrogen) atoms. The van der Waals surface area contributed by atoms with Crippen LogP contribution in [0.3, 0.4) is 0 Å². The van der Waals surface area contributed by atoms with E-state index in [9.17, 15) is 30.0 Å². The predicted molar refractivity (Wildman–Crippen MR) is 131 cm³/mol. The number of nitrogens with one attached hydrogen (secondary N) is 1. The molecule has 1 aliphatic heterocycles. The number of ether oxygens (including phenoxy) is 5. The van der Waals surface area contributed by atoms with E-state index in [1.807, 2.05) is 0 Å². The quantitative estimate of drug-likeness (QED) is 0.161. The van der Waals surface area contributed by atoms with Crippen LogP contribution in [0.15, 0.2) is 12.1 Å². The fourth-order valence-corrected chi connectivity index (χ4v) is 4.02. The van der Waals surface area contributed by atoms with Crippen molar-refractivity contribution in [1.82, 2.24) is 5.32 Å². The maximum Gasteiger partial charge on any atom is 0.305 e. The second kappa shape index (κ2) is 15.6. The summed E-state index contributed by atoms with van der Waals surface area (Å²) >= 11 is 0. The largest absolute Gasteiger partial charge is 0.502 e. The Kier molecular flexibility index (Phi) is 12.9. The van der Waals surface area contributed by atoms with Gasteiger partial charge in [-0.3, -0.25) is 9.59 Å². The number of esters is 1. The molecule has 1 aromatic rings. The number of aliphatic hydroxyl groups excluding tert-OH is 3. The van der Waals surface area contributed by atoms with Gasteiger partial charge in [-0.05, 0) is 25.0 Å². The summed E-state index contributed by atoms with van der Waals surface area (Å²) in [5.41, 5.74) is 0.0726. The molecule has 1 saturated heterocycles. The fourth-order valence-electron chi connectivity index (χ4n) is 4.02. The van der Waals surface area contributed by atoms with Gasteiger partial charge in [0.15, 0.2) is 17.8 Å². The Morgan fingerprint density at radius 3 is 2.11 bits per heavy atom. The lowest BCUT2D eigenvalue weighted by atomic mass is 9.96. The van der Waals surface area contributed by atoms with E-state index < -0.39 is 43.2 Å². The number of aromatic hydroxyl groups is 1. The number of aliphatic hydroxyl groups is 3. The van der Waals surface area contributed by atoms with Gasteiger partial charge in [-0.15, -0.1) is 0 Å². The first-order chi connectivity index (χ1) is 17.8. The number of carbonyl (C=O) groups excluding carboxylic acids is 2. The van der Waals surface area contributed by atoms with Gasteiger partial charge in [-0.2, -0.15) is 0 Å². The van der Waals surface area contributed by atoms with Gasteiger partial charge >= 0.3 is 5.97 Å². The third-order valence-corrected chi connectivity index (χ3v) is 6.21. The van der Waals surface area contributed by atoms with Crippen LogP contribution in [0.1, 0.15) is 55.3 Å². The number of benzene rings is 1. The number of phenols is 1. The topological polar surface area (TPSA) is 173 Å². The van der Waals surface area contributed by atoms with Gasteiger partial charge in [0.1, 0.15) is 24.4 Å². The molecule has 1 aromatic carbocycles. The number of methoxy groups -OCH3 is 3. The molecule has 0 bridgehead atoms. The Morgan fingerprint density at radius 2 is 1.54 bits per heavy atom. The minimum atomic E-state index is -1.48. The summed E-state index contributed by atoms with van der Waals surface area (Å²) in [5.74, 6) is -1.10. The monoisotopic (exact) mass is 529 g/mol. The molecule has 1 aliphatic rings. The molecule has 3 unspecified atom stereocenters. The van der Waals surface area contributed by atoms with Crippen LogP contribution in [0.5, 0.6) is 17.2 Å². The van der Waals surface area contributed by atoms with Crippen LogP contribution in [0.2, 0.25) is 0 Å². The molecule has 210 valence electrons. The van der Waals surface area contributed by atoms with Crippen LogP contribution in [0.25, 0.3) is 0 Å². The minimum Gasteiger partial charge on any atom is -0.502 e. The van der Waals surface area contributed by atoms with E-state index in [0.717, 1.165) is 32.1 Å². The van der Waals surface area contributed by atoms with Crippen molar-refractivity contribution in [2.75, 3.05) is 34.5 Å². The second-order valence-corrected chi connectivity index (χ2v) is 8.75. The molecule has 0 radical (unpaired) electrons. The zero-order valence-electron chi connectivity index (χ0n) is 21.6.